The molecule has 2 rings (SSSR count). The molecule has 5 heteroatoms. The molecule has 1 heterocycles. The molecule has 1 aliphatic carbocycles. The molecule has 0 radical (unpaired) electrons. The number of hydrogen-bond donors (Lipinski definition) is 2. The third-order valence-electron chi connectivity index (χ3n) is 3.63. The number of nitrogens with one attached hydrogen (secondary N) is 1. The molecule has 1 saturated carbocycles. The van der Waals surface area contributed by atoms with Gasteiger partial charge in [0.05, 0.1) is 12.1 Å². The Morgan fingerprint density at radius 1 is 1.50 bits per heavy atom. The summed E-state index contributed by atoms with van der Waals surface area (Å²) in [6, 6.07) is 0.488. The summed E-state index contributed by atoms with van der Waals surface area (Å²) < 4.78 is 0. The van der Waals surface area contributed by atoms with Gasteiger partial charge in [-0.1, -0.05) is 19.8 Å². The molecule has 0 amide bonds. The van der Waals surface area contributed by atoms with E-state index in [4.69, 9.17) is 5.11 Å². The highest BCUT2D eigenvalue weighted by molar-refractivity contribution is 7.15. The zero-order valence-electron chi connectivity index (χ0n) is 10.9. The lowest BCUT2D eigenvalue weighted by atomic mass is 9.86. The first-order valence-corrected chi connectivity index (χ1v) is 7.32. The van der Waals surface area contributed by atoms with Crippen molar-refractivity contribution in [2.75, 3.05) is 5.32 Å². The van der Waals surface area contributed by atoms with Gasteiger partial charge in [0.2, 0.25) is 0 Å². The Morgan fingerprint density at radius 2 is 2.22 bits per heavy atom. The highest BCUT2D eigenvalue weighted by Crippen LogP contribution is 2.29. The van der Waals surface area contributed by atoms with Gasteiger partial charge in [0, 0.05) is 10.9 Å². The number of thiazole rings is 1. The van der Waals surface area contributed by atoms with Crippen molar-refractivity contribution in [2.24, 2.45) is 5.92 Å². The first-order chi connectivity index (χ1) is 8.56. The number of anilines is 1. The molecule has 1 aliphatic rings. The van der Waals surface area contributed by atoms with Crippen LogP contribution in [0.15, 0.2) is 0 Å². The summed E-state index contributed by atoms with van der Waals surface area (Å²) in [5, 5.41) is 13.2. The molecule has 0 bridgehead atoms. The molecule has 1 aromatic heterocycles. The Labute approximate surface area is 111 Å². The summed E-state index contributed by atoms with van der Waals surface area (Å²) in [5.41, 5.74) is 0.693. The molecule has 2 atom stereocenters. The first-order valence-electron chi connectivity index (χ1n) is 6.51. The topological polar surface area (TPSA) is 62.2 Å². The maximum absolute atomic E-state index is 10.7. The molecular formula is C13H20N2O2S. The van der Waals surface area contributed by atoms with E-state index < -0.39 is 5.97 Å². The van der Waals surface area contributed by atoms with Crippen molar-refractivity contribution in [1.82, 2.24) is 4.98 Å². The van der Waals surface area contributed by atoms with Crippen LogP contribution in [0.5, 0.6) is 0 Å². The van der Waals surface area contributed by atoms with Gasteiger partial charge < -0.3 is 10.4 Å². The minimum atomic E-state index is -0.819. The van der Waals surface area contributed by atoms with Crippen LogP contribution < -0.4 is 5.32 Å². The number of aromatic nitrogens is 1. The zero-order valence-corrected chi connectivity index (χ0v) is 11.7. The van der Waals surface area contributed by atoms with Gasteiger partial charge in [-0.05, 0) is 25.7 Å². The summed E-state index contributed by atoms with van der Waals surface area (Å²) >= 11 is 1.57. The van der Waals surface area contributed by atoms with E-state index in [0.717, 1.165) is 10.0 Å². The van der Waals surface area contributed by atoms with Crippen LogP contribution in [0.2, 0.25) is 0 Å². The van der Waals surface area contributed by atoms with Crippen LogP contribution in [-0.2, 0) is 11.2 Å². The van der Waals surface area contributed by atoms with Crippen molar-refractivity contribution in [3.8, 4) is 0 Å². The maximum Gasteiger partial charge on any atom is 0.309 e. The van der Waals surface area contributed by atoms with Gasteiger partial charge in [-0.3, -0.25) is 4.79 Å². The zero-order chi connectivity index (χ0) is 13.1. The molecule has 0 aromatic carbocycles. The van der Waals surface area contributed by atoms with E-state index >= 15 is 0 Å². The molecular weight excluding hydrogens is 248 g/mol. The van der Waals surface area contributed by atoms with E-state index in [1.807, 2.05) is 6.92 Å². The van der Waals surface area contributed by atoms with Crippen LogP contribution in [-0.4, -0.2) is 22.1 Å². The Kier molecular flexibility index (Phi) is 4.22. The van der Waals surface area contributed by atoms with Crippen LogP contribution in [0.1, 0.15) is 43.2 Å². The number of aryl methyl sites for hydroxylation is 1. The lowest BCUT2D eigenvalue weighted by Crippen LogP contribution is -2.30. The minimum Gasteiger partial charge on any atom is -0.481 e. The lowest BCUT2D eigenvalue weighted by molar-refractivity contribution is -0.136. The predicted molar refractivity (Wildman–Crippen MR) is 73.2 cm³/mol. The van der Waals surface area contributed by atoms with Crippen molar-refractivity contribution in [3.63, 3.8) is 0 Å². The molecule has 18 heavy (non-hydrogen) atoms. The molecule has 100 valence electrons. The average Bonchev–Trinajstić information content (AvgIpc) is 2.62. The highest BCUT2D eigenvalue weighted by Gasteiger charge is 2.22. The average molecular weight is 268 g/mol. The van der Waals surface area contributed by atoms with Gasteiger partial charge >= 0.3 is 5.97 Å². The largest absolute Gasteiger partial charge is 0.481 e. The van der Waals surface area contributed by atoms with Crippen molar-refractivity contribution in [1.29, 1.82) is 0 Å². The molecule has 0 aliphatic heterocycles. The lowest BCUT2D eigenvalue weighted by Gasteiger charge is -2.29. The Balaban J connectivity index is 2.02. The molecule has 0 spiro atoms. The van der Waals surface area contributed by atoms with E-state index in [1.54, 1.807) is 11.3 Å². The van der Waals surface area contributed by atoms with E-state index in [1.165, 1.54) is 25.7 Å². The van der Waals surface area contributed by atoms with Crippen molar-refractivity contribution in [3.05, 3.63) is 10.6 Å². The van der Waals surface area contributed by atoms with Crippen molar-refractivity contribution in [2.45, 2.75) is 52.0 Å². The monoisotopic (exact) mass is 268 g/mol. The Bertz CT molecular complexity index is 431. The normalized spacial score (nSPS) is 23.9. The number of hydrogen-bond acceptors (Lipinski definition) is 4. The van der Waals surface area contributed by atoms with E-state index in [9.17, 15) is 4.79 Å². The summed E-state index contributed by atoms with van der Waals surface area (Å²) in [7, 11) is 0. The molecule has 4 nitrogen and oxygen atoms in total. The minimum absolute atomic E-state index is 0.0181. The third kappa shape index (κ3) is 3.22. The standard InChI is InChI=1S/C13H20N2O2S/c1-8-5-3-4-6-10(8)14-13-15-11(7-12(16)17)9(2)18-13/h8,10H,3-7H2,1-2H3,(H,14,15)(H,16,17). The number of carbonyl (C=O) groups is 1. The van der Waals surface area contributed by atoms with E-state index in [0.29, 0.717) is 17.7 Å². The van der Waals surface area contributed by atoms with Crippen molar-refractivity contribution < 1.29 is 9.90 Å². The molecule has 0 saturated heterocycles. The van der Waals surface area contributed by atoms with Crippen LogP contribution in [0.4, 0.5) is 5.13 Å². The quantitative estimate of drug-likeness (QED) is 0.881. The number of nitrogens with zero attached hydrogens (tertiary/aromatic N) is 1. The maximum atomic E-state index is 10.7. The first kappa shape index (κ1) is 13.3. The van der Waals surface area contributed by atoms with Crippen molar-refractivity contribution >= 4 is 22.4 Å². The van der Waals surface area contributed by atoms with Gasteiger partial charge in [0.15, 0.2) is 5.13 Å². The fourth-order valence-corrected chi connectivity index (χ4v) is 3.38. The second-order valence-corrected chi connectivity index (χ2v) is 6.31. The number of carboxylic acid groups (broad SMARTS) is 1. The van der Waals surface area contributed by atoms with Crippen LogP contribution in [0, 0.1) is 12.8 Å². The van der Waals surface area contributed by atoms with Gasteiger partial charge in [0.25, 0.3) is 0 Å². The number of aliphatic carboxylic acids is 1. The second kappa shape index (κ2) is 5.69. The summed E-state index contributed by atoms with van der Waals surface area (Å²) in [5.74, 6) is -0.146. The number of carboxylic acids is 1. The van der Waals surface area contributed by atoms with E-state index in [2.05, 4.69) is 17.2 Å². The SMILES string of the molecule is Cc1sc(NC2CCCCC2C)nc1CC(=O)O. The second-order valence-electron chi connectivity index (χ2n) is 5.10. The summed E-state index contributed by atoms with van der Waals surface area (Å²) in [6.45, 7) is 4.21. The van der Waals surface area contributed by atoms with Crippen LogP contribution in [0.3, 0.4) is 0 Å². The smallest absolute Gasteiger partial charge is 0.309 e. The fraction of sp³-hybridized carbons (Fsp3) is 0.692. The third-order valence-corrected chi connectivity index (χ3v) is 4.58. The van der Waals surface area contributed by atoms with Crippen LogP contribution >= 0.6 is 11.3 Å². The highest BCUT2D eigenvalue weighted by atomic mass is 32.1. The molecule has 1 fully saturated rings. The molecule has 2 unspecified atom stereocenters. The van der Waals surface area contributed by atoms with Crippen LogP contribution in [0.25, 0.3) is 0 Å². The Morgan fingerprint density at radius 3 is 2.89 bits per heavy atom. The Hall–Kier alpha value is -1.10. The van der Waals surface area contributed by atoms with Gasteiger partial charge in [0.1, 0.15) is 0 Å². The van der Waals surface area contributed by atoms with Gasteiger partial charge in [-0.2, -0.15) is 0 Å². The van der Waals surface area contributed by atoms with E-state index in [-0.39, 0.29) is 6.42 Å². The predicted octanol–water partition coefficient (Wildman–Crippen LogP) is 3.07. The van der Waals surface area contributed by atoms with Gasteiger partial charge in [-0.25, -0.2) is 4.98 Å². The summed E-state index contributed by atoms with van der Waals surface area (Å²) in [6.07, 6.45) is 5.07. The molecule has 2 N–H and O–H groups in total. The fourth-order valence-electron chi connectivity index (χ4n) is 2.49. The summed E-state index contributed by atoms with van der Waals surface area (Å²) in [4.78, 5) is 16.1. The number of rotatable bonds is 4. The molecule has 1 aromatic rings. The van der Waals surface area contributed by atoms with Gasteiger partial charge in [-0.15, -0.1) is 11.3 Å².